The molecule has 0 bridgehead atoms. The molecule has 0 radical (unpaired) electrons. The smallest absolute Gasteiger partial charge is 0.0181 e. The fraction of sp³-hybridized carbons (Fsp3) is 0.250. The molecule has 1 aromatic carbocycles. The zero-order chi connectivity index (χ0) is 7.40. The lowest BCUT2D eigenvalue weighted by Crippen LogP contribution is -2.05. The Labute approximate surface area is 60.8 Å². The highest BCUT2D eigenvalue weighted by atomic mass is 14.6. The molecule has 2 heteroatoms. The van der Waals surface area contributed by atoms with Crippen LogP contribution >= 0.6 is 0 Å². The minimum Gasteiger partial charge on any atom is -0.326 e. The van der Waals surface area contributed by atoms with Gasteiger partial charge >= 0.3 is 0 Å². The van der Waals surface area contributed by atoms with E-state index in [9.17, 15) is 0 Å². The van der Waals surface area contributed by atoms with Crippen LogP contribution in [0.2, 0.25) is 0 Å². The SMILES string of the molecule is NCc1ccccc1CN. The molecule has 0 aromatic heterocycles. The first-order valence-corrected chi connectivity index (χ1v) is 3.35. The Morgan fingerprint density at radius 2 is 1.30 bits per heavy atom. The van der Waals surface area contributed by atoms with E-state index in [1.54, 1.807) is 0 Å². The predicted octanol–water partition coefficient (Wildman–Crippen LogP) is 0.604. The molecule has 1 aromatic rings. The summed E-state index contributed by atoms with van der Waals surface area (Å²) in [5.74, 6) is 0. The summed E-state index contributed by atoms with van der Waals surface area (Å²) < 4.78 is 0. The van der Waals surface area contributed by atoms with Gasteiger partial charge in [-0.2, -0.15) is 0 Å². The molecule has 1 rings (SSSR count). The Hall–Kier alpha value is -0.860. The molecular formula is C8H12N2. The first kappa shape index (κ1) is 7.25. The third kappa shape index (κ3) is 1.35. The van der Waals surface area contributed by atoms with Crippen LogP contribution in [-0.2, 0) is 13.1 Å². The van der Waals surface area contributed by atoms with Gasteiger partial charge in [-0.3, -0.25) is 0 Å². The molecule has 4 N–H and O–H groups in total. The second-order valence-corrected chi connectivity index (χ2v) is 2.18. The second-order valence-electron chi connectivity index (χ2n) is 2.18. The van der Waals surface area contributed by atoms with E-state index in [0.29, 0.717) is 13.1 Å². The van der Waals surface area contributed by atoms with Gasteiger partial charge < -0.3 is 11.5 Å². The number of hydrogen-bond donors (Lipinski definition) is 2. The Morgan fingerprint density at radius 3 is 1.60 bits per heavy atom. The van der Waals surface area contributed by atoms with Gasteiger partial charge in [0.25, 0.3) is 0 Å². The van der Waals surface area contributed by atoms with Crippen molar-refractivity contribution in [3.8, 4) is 0 Å². The van der Waals surface area contributed by atoms with Crippen molar-refractivity contribution < 1.29 is 0 Å². The van der Waals surface area contributed by atoms with Crippen molar-refractivity contribution >= 4 is 0 Å². The van der Waals surface area contributed by atoms with Crippen molar-refractivity contribution in [1.29, 1.82) is 0 Å². The summed E-state index contributed by atoms with van der Waals surface area (Å²) in [6.45, 7) is 1.15. The van der Waals surface area contributed by atoms with Crippen LogP contribution in [0.3, 0.4) is 0 Å². The second kappa shape index (κ2) is 3.34. The van der Waals surface area contributed by atoms with Crippen molar-refractivity contribution in [2.75, 3.05) is 0 Å². The molecular weight excluding hydrogens is 124 g/mol. The molecule has 0 heterocycles. The summed E-state index contributed by atoms with van der Waals surface area (Å²) in [7, 11) is 0. The molecule has 0 aliphatic carbocycles. The van der Waals surface area contributed by atoms with Gasteiger partial charge in [-0.1, -0.05) is 24.3 Å². The van der Waals surface area contributed by atoms with E-state index in [1.165, 1.54) is 0 Å². The summed E-state index contributed by atoms with van der Waals surface area (Å²) in [4.78, 5) is 0. The minimum absolute atomic E-state index is 0.577. The van der Waals surface area contributed by atoms with Gasteiger partial charge in [0.2, 0.25) is 0 Å². The van der Waals surface area contributed by atoms with Crippen LogP contribution in [0.4, 0.5) is 0 Å². The van der Waals surface area contributed by atoms with Crippen LogP contribution in [0.1, 0.15) is 11.1 Å². The van der Waals surface area contributed by atoms with Gasteiger partial charge in [0.05, 0.1) is 0 Å². The normalized spacial score (nSPS) is 9.80. The molecule has 0 fully saturated rings. The molecule has 0 saturated carbocycles. The highest BCUT2D eigenvalue weighted by Gasteiger charge is 1.94. The minimum atomic E-state index is 0.577. The van der Waals surface area contributed by atoms with Crippen molar-refractivity contribution in [2.45, 2.75) is 13.1 Å². The van der Waals surface area contributed by atoms with E-state index in [-0.39, 0.29) is 0 Å². The largest absolute Gasteiger partial charge is 0.326 e. The lowest BCUT2D eigenvalue weighted by atomic mass is 10.1. The molecule has 0 amide bonds. The van der Waals surface area contributed by atoms with E-state index < -0.39 is 0 Å². The number of hydrogen-bond acceptors (Lipinski definition) is 2. The first-order valence-electron chi connectivity index (χ1n) is 3.35. The van der Waals surface area contributed by atoms with Crippen LogP contribution in [0.25, 0.3) is 0 Å². The van der Waals surface area contributed by atoms with E-state index >= 15 is 0 Å². The maximum atomic E-state index is 5.47. The molecule has 0 aliphatic rings. The Kier molecular flexibility index (Phi) is 2.42. The summed E-state index contributed by atoms with van der Waals surface area (Å²) in [5.41, 5.74) is 13.2. The fourth-order valence-electron chi connectivity index (χ4n) is 0.956. The van der Waals surface area contributed by atoms with Crippen molar-refractivity contribution in [1.82, 2.24) is 0 Å². The molecule has 0 unspecified atom stereocenters. The standard InChI is InChI=1S/C8H12N2/c9-5-7-3-1-2-4-8(7)6-10/h1-4H,5-6,9-10H2. The summed E-state index contributed by atoms with van der Waals surface area (Å²) in [6.07, 6.45) is 0. The average Bonchev–Trinajstić information content (AvgIpc) is 2.04. The maximum absolute atomic E-state index is 5.47. The third-order valence-electron chi connectivity index (χ3n) is 1.56. The highest BCUT2D eigenvalue weighted by Crippen LogP contribution is 2.05. The van der Waals surface area contributed by atoms with Gasteiger partial charge in [0.15, 0.2) is 0 Å². The topological polar surface area (TPSA) is 52.0 Å². The van der Waals surface area contributed by atoms with Gasteiger partial charge in [0.1, 0.15) is 0 Å². The Morgan fingerprint density at radius 1 is 0.900 bits per heavy atom. The van der Waals surface area contributed by atoms with Gasteiger partial charge in [-0.05, 0) is 11.1 Å². The number of benzene rings is 1. The Balaban J connectivity index is 2.96. The van der Waals surface area contributed by atoms with E-state index in [1.807, 2.05) is 24.3 Å². The fourth-order valence-corrected chi connectivity index (χ4v) is 0.956. The highest BCUT2D eigenvalue weighted by molar-refractivity contribution is 5.26. The zero-order valence-electron chi connectivity index (χ0n) is 5.88. The summed E-state index contributed by atoms with van der Waals surface area (Å²) in [6, 6.07) is 7.95. The third-order valence-corrected chi connectivity index (χ3v) is 1.56. The number of nitrogens with two attached hydrogens (primary N) is 2. The van der Waals surface area contributed by atoms with Crippen LogP contribution in [0, 0.1) is 0 Å². The number of rotatable bonds is 2. The van der Waals surface area contributed by atoms with Crippen LogP contribution in [0.5, 0.6) is 0 Å². The van der Waals surface area contributed by atoms with Crippen LogP contribution in [-0.4, -0.2) is 0 Å². The monoisotopic (exact) mass is 136 g/mol. The van der Waals surface area contributed by atoms with E-state index in [4.69, 9.17) is 11.5 Å². The lowest BCUT2D eigenvalue weighted by molar-refractivity contribution is 0.980. The quantitative estimate of drug-likeness (QED) is 0.625. The van der Waals surface area contributed by atoms with Crippen LogP contribution in [0.15, 0.2) is 24.3 Å². The maximum Gasteiger partial charge on any atom is 0.0181 e. The predicted molar refractivity (Wildman–Crippen MR) is 42.2 cm³/mol. The van der Waals surface area contributed by atoms with Gasteiger partial charge in [-0.15, -0.1) is 0 Å². The molecule has 0 saturated heterocycles. The molecule has 10 heavy (non-hydrogen) atoms. The molecule has 0 aliphatic heterocycles. The molecule has 2 nitrogen and oxygen atoms in total. The summed E-state index contributed by atoms with van der Waals surface area (Å²) >= 11 is 0. The average molecular weight is 136 g/mol. The molecule has 0 spiro atoms. The molecule has 0 atom stereocenters. The van der Waals surface area contributed by atoms with Gasteiger partial charge in [0, 0.05) is 13.1 Å². The first-order chi connectivity index (χ1) is 4.88. The van der Waals surface area contributed by atoms with Crippen LogP contribution < -0.4 is 11.5 Å². The lowest BCUT2D eigenvalue weighted by Gasteiger charge is -2.02. The summed E-state index contributed by atoms with van der Waals surface area (Å²) in [5, 5.41) is 0. The van der Waals surface area contributed by atoms with Crippen molar-refractivity contribution in [3.63, 3.8) is 0 Å². The van der Waals surface area contributed by atoms with E-state index in [2.05, 4.69) is 0 Å². The van der Waals surface area contributed by atoms with E-state index in [0.717, 1.165) is 11.1 Å². The Bertz CT molecular complexity index is 185. The van der Waals surface area contributed by atoms with Crippen molar-refractivity contribution in [3.05, 3.63) is 35.4 Å². The zero-order valence-corrected chi connectivity index (χ0v) is 5.88. The van der Waals surface area contributed by atoms with Gasteiger partial charge in [-0.25, -0.2) is 0 Å². The molecule has 54 valence electrons. The van der Waals surface area contributed by atoms with Crippen molar-refractivity contribution in [2.24, 2.45) is 11.5 Å².